The molecule has 25 heavy (non-hydrogen) atoms. The highest BCUT2D eigenvalue weighted by atomic mass is 16.5. The number of rotatable bonds is 6. The molecule has 8 heteroatoms. The first kappa shape index (κ1) is 16.7. The number of carbonyl (C=O) groups is 1. The molecule has 0 aliphatic rings. The van der Waals surface area contributed by atoms with E-state index in [0.29, 0.717) is 24.8 Å². The van der Waals surface area contributed by atoms with Gasteiger partial charge in [-0.3, -0.25) is 15.3 Å². The van der Waals surface area contributed by atoms with Crippen molar-refractivity contribution >= 4 is 17.7 Å². The first-order valence-corrected chi connectivity index (χ1v) is 7.88. The van der Waals surface area contributed by atoms with Gasteiger partial charge >= 0.3 is 6.03 Å². The SMILES string of the molecule is COCCn1ccc(NC(=O)Nc2ccnn2-c2ccccc2C)n1. The Balaban J connectivity index is 1.67. The van der Waals surface area contributed by atoms with Crippen molar-refractivity contribution in [1.82, 2.24) is 19.6 Å². The maximum absolute atomic E-state index is 12.2. The Morgan fingerprint density at radius 1 is 1.20 bits per heavy atom. The van der Waals surface area contributed by atoms with E-state index in [0.717, 1.165) is 11.3 Å². The molecule has 1 aromatic carbocycles. The van der Waals surface area contributed by atoms with Crippen LogP contribution >= 0.6 is 0 Å². The van der Waals surface area contributed by atoms with E-state index in [4.69, 9.17) is 4.74 Å². The number of benzene rings is 1. The van der Waals surface area contributed by atoms with Crippen LogP contribution in [0.5, 0.6) is 0 Å². The third-order valence-corrected chi connectivity index (χ3v) is 3.63. The number of hydrogen-bond acceptors (Lipinski definition) is 4. The van der Waals surface area contributed by atoms with Crippen LogP contribution in [0, 0.1) is 6.92 Å². The Kier molecular flexibility index (Phi) is 5.10. The van der Waals surface area contributed by atoms with Gasteiger partial charge in [0.25, 0.3) is 0 Å². The molecule has 0 bridgehead atoms. The molecule has 0 aliphatic carbocycles. The number of nitrogens with one attached hydrogen (secondary N) is 2. The van der Waals surface area contributed by atoms with Gasteiger partial charge in [-0.25, -0.2) is 9.48 Å². The summed E-state index contributed by atoms with van der Waals surface area (Å²) >= 11 is 0. The predicted octanol–water partition coefficient (Wildman–Crippen LogP) is 2.67. The summed E-state index contributed by atoms with van der Waals surface area (Å²) in [6, 6.07) is 10.9. The molecular weight excluding hydrogens is 320 g/mol. The van der Waals surface area contributed by atoms with E-state index in [-0.39, 0.29) is 6.03 Å². The molecule has 8 nitrogen and oxygen atoms in total. The first-order valence-electron chi connectivity index (χ1n) is 7.88. The third-order valence-electron chi connectivity index (χ3n) is 3.63. The van der Waals surface area contributed by atoms with Crippen LogP contribution in [0.3, 0.4) is 0 Å². The number of anilines is 2. The van der Waals surface area contributed by atoms with Crippen LogP contribution in [0.4, 0.5) is 16.4 Å². The van der Waals surface area contributed by atoms with E-state index in [2.05, 4.69) is 20.8 Å². The summed E-state index contributed by atoms with van der Waals surface area (Å²) < 4.78 is 8.39. The summed E-state index contributed by atoms with van der Waals surface area (Å²) in [5.74, 6) is 1.04. The second-order valence-corrected chi connectivity index (χ2v) is 5.45. The Labute approximate surface area is 145 Å². The number of amides is 2. The lowest BCUT2D eigenvalue weighted by molar-refractivity contribution is 0.183. The Bertz CT molecular complexity index is 854. The molecule has 2 N–H and O–H groups in total. The van der Waals surface area contributed by atoms with Gasteiger partial charge in [0.05, 0.1) is 25.0 Å². The van der Waals surface area contributed by atoms with E-state index < -0.39 is 0 Å². The lowest BCUT2D eigenvalue weighted by Crippen LogP contribution is -2.22. The van der Waals surface area contributed by atoms with Crippen molar-refractivity contribution in [2.75, 3.05) is 24.4 Å². The second-order valence-electron chi connectivity index (χ2n) is 5.45. The van der Waals surface area contributed by atoms with Crippen LogP contribution < -0.4 is 10.6 Å². The summed E-state index contributed by atoms with van der Waals surface area (Å²) in [5, 5.41) is 14.0. The first-order chi connectivity index (χ1) is 12.2. The molecule has 0 fully saturated rings. The summed E-state index contributed by atoms with van der Waals surface area (Å²) in [5.41, 5.74) is 1.97. The number of ether oxygens (including phenoxy) is 1. The number of para-hydroxylation sites is 1. The summed E-state index contributed by atoms with van der Waals surface area (Å²) in [7, 11) is 1.63. The minimum atomic E-state index is -0.382. The fraction of sp³-hybridized carbons (Fsp3) is 0.235. The number of urea groups is 1. The van der Waals surface area contributed by atoms with E-state index in [1.54, 1.807) is 41.0 Å². The number of nitrogens with zero attached hydrogens (tertiary/aromatic N) is 4. The summed E-state index contributed by atoms with van der Waals surface area (Å²) in [6.45, 7) is 3.18. The van der Waals surface area contributed by atoms with Crippen LogP contribution in [0.1, 0.15) is 5.56 Å². The van der Waals surface area contributed by atoms with Gasteiger partial charge in [-0.05, 0) is 18.6 Å². The topological polar surface area (TPSA) is 86.0 Å². The standard InChI is InChI=1S/C17H20N6O2/c1-13-5-3-4-6-14(13)23-16(7-9-18-23)20-17(24)19-15-8-10-22(21-15)11-12-25-2/h3-10H,11-12H2,1-2H3,(H2,19,20,21,24). The smallest absolute Gasteiger partial charge is 0.326 e. The van der Waals surface area contributed by atoms with Gasteiger partial charge in [-0.1, -0.05) is 18.2 Å². The van der Waals surface area contributed by atoms with Crippen LogP contribution in [0.15, 0.2) is 48.8 Å². The third kappa shape index (κ3) is 4.04. The van der Waals surface area contributed by atoms with E-state index in [1.165, 1.54) is 0 Å². The van der Waals surface area contributed by atoms with Crippen molar-refractivity contribution in [2.45, 2.75) is 13.5 Å². The zero-order chi connectivity index (χ0) is 17.6. The van der Waals surface area contributed by atoms with Gasteiger partial charge in [0.1, 0.15) is 5.82 Å². The molecule has 0 spiro atoms. The zero-order valence-electron chi connectivity index (χ0n) is 14.1. The van der Waals surface area contributed by atoms with Crippen LogP contribution in [-0.2, 0) is 11.3 Å². The van der Waals surface area contributed by atoms with Gasteiger partial charge in [-0.15, -0.1) is 0 Å². The normalized spacial score (nSPS) is 10.6. The molecular formula is C17H20N6O2. The molecule has 0 unspecified atom stereocenters. The fourth-order valence-electron chi connectivity index (χ4n) is 2.39. The zero-order valence-corrected chi connectivity index (χ0v) is 14.1. The molecule has 3 rings (SSSR count). The summed E-state index contributed by atoms with van der Waals surface area (Å²) in [6.07, 6.45) is 3.42. The Hall–Kier alpha value is -3.13. The lowest BCUT2D eigenvalue weighted by atomic mass is 10.2. The quantitative estimate of drug-likeness (QED) is 0.722. The number of aromatic nitrogens is 4. The van der Waals surface area contributed by atoms with Gasteiger partial charge in [0.2, 0.25) is 0 Å². The van der Waals surface area contributed by atoms with Gasteiger partial charge in [0, 0.05) is 25.4 Å². The molecule has 0 saturated heterocycles. The molecule has 0 radical (unpaired) electrons. The molecule has 2 heterocycles. The highest BCUT2D eigenvalue weighted by Crippen LogP contribution is 2.18. The number of methoxy groups -OCH3 is 1. The minimum Gasteiger partial charge on any atom is -0.383 e. The van der Waals surface area contributed by atoms with E-state index in [1.807, 2.05) is 31.2 Å². The van der Waals surface area contributed by atoms with Crippen molar-refractivity contribution < 1.29 is 9.53 Å². The van der Waals surface area contributed by atoms with Crippen LogP contribution in [0.25, 0.3) is 5.69 Å². The highest BCUT2D eigenvalue weighted by molar-refractivity contribution is 5.98. The lowest BCUT2D eigenvalue weighted by Gasteiger charge is -2.11. The molecule has 3 aromatic rings. The molecule has 130 valence electrons. The Morgan fingerprint density at radius 2 is 2.04 bits per heavy atom. The maximum Gasteiger partial charge on any atom is 0.326 e. The van der Waals surface area contributed by atoms with Gasteiger partial charge in [-0.2, -0.15) is 10.2 Å². The Morgan fingerprint density at radius 3 is 2.84 bits per heavy atom. The van der Waals surface area contributed by atoms with Crippen molar-refractivity contribution in [1.29, 1.82) is 0 Å². The molecule has 0 atom stereocenters. The highest BCUT2D eigenvalue weighted by Gasteiger charge is 2.11. The average molecular weight is 340 g/mol. The second kappa shape index (κ2) is 7.63. The molecule has 0 saturated carbocycles. The van der Waals surface area contributed by atoms with E-state index >= 15 is 0 Å². The van der Waals surface area contributed by atoms with Crippen molar-refractivity contribution in [2.24, 2.45) is 0 Å². The minimum absolute atomic E-state index is 0.382. The molecule has 2 amide bonds. The predicted molar refractivity (Wildman–Crippen MR) is 95.0 cm³/mol. The van der Waals surface area contributed by atoms with Crippen LogP contribution in [0.2, 0.25) is 0 Å². The molecule has 0 aliphatic heterocycles. The van der Waals surface area contributed by atoms with Crippen LogP contribution in [-0.4, -0.2) is 39.3 Å². The van der Waals surface area contributed by atoms with Crippen molar-refractivity contribution in [3.8, 4) is 5.69 Å². The van der Waals surface area contributed by atoms with Gasteiger partial charge < -0.3 is 4.74 Å². The monoisotopic (exact) mass is 340 g/mol. The number of hydrogen-bond donors (Lipinski definition) is 2. The summed E-state index contributed by atoms with van der Waals surface area (Å²) in [4.78, 5) is 12.2. The molecule has 2 aromatic heterocycles. The average Bonchev–Trinajstić information content (AvgIpc) is 3.23. The maximum atomic E-state index is 12.2. The number of aryl methyl sites for hydroxylation is 1. The fourth-order valence-corrected chi connectivity index (χ4v) is 2.39. The van der Waals surface area contributed by atoms with E-state index in [9.17, 15) is 4.79 Å². The van der Waals surface area contributed by atoms with Crippen molar-refractivity contribution in [3.05, 3.63) is 54.4 Å². The van der Waals surface area contributed by atoms with Gasteiger partial charge in [0.15, 0.2) is 5.82 Å². The van der Waals surface area contributed by atoms with Crippen molar-refractivity contribution in [3.63, 3.8) is 0 Å². The number of carbonyl (C=O) groups excluding carboxylic acids is 1. The largest absolute Gasteiger partial charge is 0.383 e.